The molecule has 0 N–H and O–H groups in total. The minimum atomic E-state index is -4.27. The summed E-state index contributed by atoms with van der Waals surface area (Å²) in [5.41, 5.74) is -0.317. The highest BCUT2D eigenvalue weighted by Crippen LogP contribution is 2.25. The lowest BCUT2D eigenvalue weighted by molar-refractivity contribution is -0.219. The number of rotatable bonds is 4. The molecule has 0 aromatic carbocycles. The highest BCUT2D eigenvalue weighted by molar-refractivity contribution is 7.80. The monoisotopic (exact) mass is 216 g/mol. The van der Waals surface area contributed by atoms with E-state index in [2.05, 4.69) is 17.4 Å². The second kappa shape index (κ2) is 4.55. The summed E-state index contributed by atoms with van der Waals surface area (Å²) in [6.45, 7) is 4.69. The van der Waals surface area contributed by atoms with E-state index >= 15 is 0 Å². The van der Waals surface area contributed by atoms with E-state index in [-0.39, 0.29) is 12.0 Å². The Kier molecular flexibility index (Phi) is 4.59. The molecular formula is C8H15F3OS. The van der Waals surface area contributed by atoms with Crippen LogP contribution in [0.25, 0.3) is 0 Å². The molecule has 0 aliphatic rings. The summed E-state index contributed by atoms with van der Waals surface area (Å²) in [7, 11) is 0. The van der Waals surface area contributed by atoms with Crippen LogP contribution in [0.3, 0.4) is 0 Å². The van der Waals surface area contributed by atoms with Crippen molar-refractivity contribution in [3.05, 3.63) is 0 Å². The van der Waals surface area contributed by atoms with Crippen LogP contribution in [0.5, 0.6) is 0 Å². The summed E-state index contributed by atoms with van der Waals surface area (Å²) in [6, 6.07) is 0. The van der Waals surface area contributed by atoms with Gasteiger partial charge in [-0.3, -0.25) is 0 Å². The summed E-state index contributed by atoms with van der Waals surface area (Å²) in [4.78, 5) is 0. The molecule has 0 aromatic rings. The maximum atomic E-state index is 12.0. The van der Waals surface area contributed by atoms with Gasteiger partial charge in [-0.05, 0) is 18.1 Å². The molecule has 0 bridgehead atoms. The average Bonchev–Trinajstić information content (AvgIpc) is 1.98. The van der Waals surface area contributed by atoms with Crippen molar-refractivity contribution < 1.29 is 17.9 Å². The zero-order valence-electron chi connectivity index (χ0n) is 7.98. The number of alkyl halides is 3. The van der Waals surface area contributed by atoms with Crippen LogP contribution in [0.15, 0.2) is 0 Å². The van der Waals surface area contributed by atoms with E-state index in [4.69, 9.17) is 0 Å². The van der Waals surface area contributed by atoms with E-state index in [1.54, 1.807) is 0 Å². The fourth-order valence-corrected chi connectivity index (χ4v) is 0.582. The van der Waals surface area contributed by atoms with Gasteiger partial charge in [-0.2, -0.15) is 25.8 Å². The molecule has 0 spiro atoms. The molecule has 1 nitrogen and oxygen atoms in total. The van der Waals surface area contributed by atoms with Gasteiger partial charge < -0.3 is 4.74 Å². The van der Waals surface area contributed by atoms with E-state index in [1.807, 2.05) is 13.8 Å². The Bertz CT molecular complexity index is 156. The van der Waals surface area contributed by atoms with Gasteiger partial charge in [0.05, 0.1) is 6.61 Å². The number of halogens is 3. The Morgan fingerprint density at radius 3 is 2.08 bits per heavy atom. The van der Waals surface area contributed by atoms with Crippen molar-refractivity contribution in [3.63, 3.8) is 0 Å². The molecule has 0 saturated heterocycles. The topological polar surface area (TPSA) is 9.23 Å². The minimum Gasteiger partial charge on any atom is -0.368 e. The summed E-state index contributed by atoms with van der Waals surface area (Å²) in [6.07, 6.45) is -5.97. The van der Waals surface area contributed by atoms with Crippen LogP contribution in [0, 0.1) is 5.41 Å². The largest absolute Gasteiger partial charge is 0.414 e. The lowest BCUT2D eigenvalue weighted by atomic mass is 9.98. The van der Waals surface area contributed by atoms with Gasteiger partial charge >= 0.3 is 6.18 Å². The van der Waals surface area contributed by atoms with E-state index in [9.17, 15) is 13.2 Å². The third-order valence-electron chi connectivity index (χ3n) is 1.61. The SMILES string of the molecule is CC(OCC(C)(C)CS)C(F)(F)F. The smallest absolute Gasteiger partial charge is 0.368 e. The highest BCUT2D eigenvalue weighted by atomic mass is 32.1. The third kappa shape index (κ3) is 5.41. The van der Waals surface area contributed by atoms with Crippen LogP contribution < -0.4 is 0 Å². The molecule has 0 fully saturated rings. The predicted molar refractivity (Wildman–Crippen MR) is 49.1 cm³/mol. The Morgan fingerprint density at radius 2 is 1.77 bits per heavy atom. The first-order valence-corrected chi connectivity index (χ1v) is 4.61. The van der Waals surface area contributed by atoms with Crippen LogP contribution in [-0.4, -0.2) is 24.6 Å². The van der Waals surface area contributed by atoms with E-state index in [1.165, 1.54) is 0 Å². The van der Waals surface area contributed by atoms with Crippen LogP contribution in [0.2, 0.25) is 0 Å². The van der Waals surface area contributed by atoms with Crippen LogP contribution in [0.1, 0.15) is 20.8 Å². The first-order chi connectivity index (χ1) is 5.69. The molecule has 0 rings (SSSR count). The van der Waals surface area contributed by atoms with Crippen molar-refractivity contribution in [3.8, 4) is 0 Å². The molecule has 80 valence electrons. The van der Waals surface area contributed by atoms with Crippen LogP contribution in [-0.2, 0) is 4.74 Å². The van der Waals surface area contributed by atoms with Gasteiger partial charge in [-0.1, -0.05) is 13.8 Å². The second-order valence-electron chi connectivity index (χ2n) is 3.82. The second-order valence-corrected chi connectivity index (χ2v) is 4.13. The fourth-order valence-electron chi connectivity index (χ4n) is 0.491. The molecule has 1 atom stereocenters. The maximum absolute atomic E-state index is 12.0. The average molecular weight is 216 g/mol. The summed E-state index contributed by atoms with van der Waals surface area (Å²) in [5, 5.41) is 0. The van der Waals surface area contributed by atoms with Gasteiger partial charge in [0, 0.05) is 0 Å². The first kappa shape index (κ1) is 13.1. The maximum Gasteiger partial charge on any atom is 0.414 e. The molecule has 0 aromatic heterocycles. The molecule has 0 aliphatic heterocycles. The quantitative estimate of drug-likeness (QED) is 0.711. The summed E-state index contributed by atoms with van der Waals surface area (Å²) < 4.78 is 40.6. The van der Waals surface area contributed by atoms with Crippen molar-refractivity contribution in [1.82, 2.24) is 0 Å². The normalized spacial score (nSPS) is 15.9. The van der Waals surface area contributed by atoms with Crippen molar-refractivity contribution >= 4 is 12.6 Å². The van der Waals surface area contributed by atoms with E-state index < -0.39 is 12.3 Å². The van der Waals surface area contributed by atoms with Gasteiger partial charge in [0.15, 0.2) is 6.10 Å². The molecule has 5 heteroatoms. The lowest BCUT2D eigenvalue weighted by Gasteiger charge is -2.25. The molecule has 1 unspecified atom stereocenters. The summed E-state index contributed by atoms with van der Waals surface area (Å²) in [5.74, 6) is 0.498. The summed E-state index contributed by atoms with van der Waals surface area (Å²) >= 11 is 4.01. The molecule has 0 aliphatic carbocycles. The van der Waals surface area contributed by atoms with E-state index in [0.717, 1.165) is 6.92 Å². The van der Waals surface area contributed by atoms with E-state index in [0.29, 0.717) is 5.75 Å². The van der Waals surface area contributed by atoms with Crippen molar-refractivity contribution in [2.24, 2.45) is 5.41 Å². The van der Waals surface area contributed by atoms with Gasteiger partial charge in [0.25, 0.3) is 0 Å². The highest BCUT2D eigenvalue weighted by Gasteiger charge is 2.37. The molecule has 0 heterocycles. The van der Waals surface area contributed by atoms with Crippen LogP contribution in [0.4, 0.5) is 13.2 Å². The molecular weight excluding hydrogens is 201 g/mol. The predicted octanol–water partition coefficient (Wildman–Crippen LogP) is 2.91. The number of hydrogen-bond donors (Lipinski definition) is 1. The number of thiol groups is 1. The molecule has 0 radical (unpaired) electrons. The lowest BCUT2D eigenvalue weighted by Crippen LogP contribution is -2.33. The fraction of sp³-hybridized carbons (Fsp3) is 1.00. The number of ether oxygens (including phenoxy) is 1. The Hall–Kier alpha value is 0.100. The minimum absolute atomic E-state index is 0.0666. The first-order valence-electron chi connectivity index (χ1n) is 3.98. The van der Waals surface area contributed by atoms with Gasteiger partial charge in [-0.15, -0.1) is 0 Å². The van der Waals surface area contributed by atoms with Gasteiger partial charge in [0.1, 0.15) is 0 Å². The Balaban J connectivity index is 3.90. The van der Waals surface area contributed by atoms with Crippen LogP contribution >= 0.6 is 12.6 Å². The Morgan fingerprint density at radius 1 is 1.31 bits per heavy atom. The third-order valence-corrected chi connectivity index (χ3v) is 2.47. The van der Waals surface area contributed by atoms with Gasteiger partial charge in [-0.25, -0.2) is 0 Å². The van der Waals surface area contributed by atoms with Crippen molar-refractivity contribution in [1.29, 1.82) is 0 Å². The van der Waals surface area contributed by atoms with Crippen molar-refractivity contribution in [2.75, 3.05) is 12.4 Å². The van der Waals surface area contributed by atoms with Crippen molar-refractivity contribution in [2.45, 2.75) is 33.1 Å². The zero-order chi connectivity index (χ0) is 10.7. The molecule has 0 saturated carbocycles. The zero-order valence-corrected chi connectivity index (χ0v) is 8.88. The standard InChI is InChI=1S/C8H15F3OS/c1-6(8(9,10)11)12-4-7(2,3)5-13/h6,13H,4-5H2,1-3H3. The number of hydrogen-bond acceptors (Lipinski definition) is 2. The molecule has 13 heavy (non-hydrogen) atoms. The molecule has 0 amide bonds. The Labute approximate surface area is 82.1 Å². The van der Waals surface area contributed by atoms with Gasteiger partial charge in [0.2, 0.25) is 0 Å².